The molecule has 2 saturated heterocycles. The summed E-state index contributed by atoms with van der Waals surface area (Å²) >= 11 is 0. The number of nitriles is 1. The largest absolute Gasteiger partial charge is 0.378 e. The Hall–Kier alpha value is -3.34. The molecule has 1 aromatic heterocycles. The number of hydrogen-bond acceptors (Lipinski definition) is 7. The molecule has 0 radical (unpaired) electrons. The Labute approximate surface area is 206 Å². The minimum Gasteiger partial charge on any atom is -0.378 e. The molecule has 0 bridgehead atoms. The van der Waals surface area contributed by atoms with Crippen molar-refractivity contribution >= 4 is 16.6 Å². The van der Waals surface area contributed by atoms with Crippen molar-refractivity contribution in [3.05, 3.63) is 70.2 Å². The minimum absolute atomic E-state index is 0.202. The van der Waals surface area contributed by atoms with E-state index < -0.39 is 0 Å². The van der Waals surface area contributed by atoms with Crippen molar-refractivity contribution in [1.29, 1.82) is 5.26 Å². The van der Waals surface area contributed by atoms with Gasteiger partial charge < -0.3 is 25.2 Å². The second-order valence-electron chi connectivity index (χ2n) is 10.1. The number of hydrogen-bond donors (Lipinski definition) is 2. The van der Waals surface area contributed by atoms with E-state index in [0.717, 1.165) is 55.7 Å². The van der Waals surface area contributed by atoms with E-state index in [1.165, 1.54) is 28.1 Å². The summed E-state index contributed by atoms with van der Waals surface area (Å²) in [4.78, 5) is 9.58. The first-order valence-corrected chi connectivity index (χ1v) is 12.5. The number of rotatable bonds is 4. The monoisotopic (exact) mass is 468 g/mol. The van der Waals surface area contributed by atoms with Gasteiger partial charge >= 0.3 is 0 Å². The molecule has 35 heavy (non-hydrogen) atoms. The molecule has 1 aromatic carbocycles. The van der Waals surface area contributed by atoms with Gasteiger partial charge in [0.25, 0.3) is 0 Å². The minimum atomic E-state index is 0.202. The van der Waals surface area contributed by atoms with Gasteiger partial charge in [0.1, 0.15) is 6.07 Å². The van der Waals surface area contributed by atoms with Gasteiger partial charge in [-0.3, -0.25) is 4.98 Å². The summed E-state index contributed by atoms with van der Waals surface area (Å²) in [6.07, 6.45) is 5.33. The molecular weight excluding hydrogens is 436 g/mol. The molecule has 0 amide bonds. The third-order valence-electron chi connectivity index (χ3n) is 8.01. The number of nitrogens with one attached hydrogen (secondary N) is 2. The number of allylic oxidation sites excluding steroid dienone is 2. The van der Waals surface area contributed by atoms with Crippen LogP contribution in [0.15, 0.2) is 64.7 Å². The maximum Gasteiger partial charge on any atom is 0.101 e. The normalized spacial score (nSPS) is 26.1. The summed E-state index contributed by atoms with van der Waals surface area (Å²) in [5.74, 6) is 0. The van der Waals surface area contributed by atoms with Crippen LogP contribution < -0.4 is 15.5 Å². The lowest BCUT2D eigenvalue weighted by Gasteiger charge is -2.42. The van der Waals surface area contributed by atoms with Crippen LogP contribution in [0.25, 0.3) is 10.9 Å². The Bertz CT molecular complexity index is 1320. The zero-order chi connectivity index (χ0) is 24.1. The smallest absolute Gasteiger partial charge is 0.101 e. The zero-order valence-electron chi connectivity index (χ0n) is 20.6. The van der Waals surface area contributed by atoms with Gasteiger partial charge in [-0.25, -0.2) is 0 Å². The van der Waals surface area contributed by atoms with Gasteiger partial charge in [0.15, 0.2) is 0 Å². The first-order chi connectivity index (χ1) is 17.1. The van der Waals surface area contributed by atoms with Gasteiger partial charge in [-0.15, -0.1) is 0 Å². The molecule has 7 nitrogen and oxygen atoms in total. The number of aromatic nitrogens is 1. The van der Waals surface area contributed by atoms with E-state index in [1.807, 2.05) is 12.1 Å². The number of anilines is 1. The van der Waals surface area contributed by atoms with Crippen LogP contribution in [-0.4, -0.2) is 67.9 Å². The molecule has 3 aliphatic heterocycles. The van der Waals surface area contributed by atoms with Crippen LogP contribution in [0.2, 0.25) is 0 Å². The average Bonchev–Trinajstić information content (AvgIpc) is 3.47. The van der Waals surface area contributed by atoms with Gasteiger partial charge in [-0.1, -0.05) is 0 Å². The van der Waals surface area contributed by atoms with Crippen molar-refractivity contribution in [3.63, 3.8) is 0 Å². The summed E-state index contributed by atoms with van der Waals surface area (Å²) in [5.41, 5.74) is 9.58. The van der Waals surface area contributed by atoms with Crippen molar-refractivity contribution in [2.45, 2.75) is 38.5 Å². The topological polar surface area (TPSA) is 76.5 Å². The van der Waals surface area contributed by atoms with Crippen LogP contribution in [0.4, 0.5) is 5.69 Å². The van der Waals surface area contributed by atoms with Crippen LogP contribution in [0.3, 0.4) is 0 Å². The van der Waals surface area contributed by atoms with E-state index >= 15 is 0 Å². The van der Waals surface area contributed by atoms with Gasteiger partial charge in [0.05, 0.1) is 29.8 Å². The fourth-order valence-corrected chi connectivity index (χ4v) is 6.13. The Kier molecular flexibility index (Phi) is 5.51. The number of methoxy groups -OCH3 is 1. The van der Waals surface area contributed by atoms with E-state index in [-0.39, 0.29) is 6.10 Å². The molecule has 1 aliphatic carbocycles. The molecule has 2 fully saturated rings. The summed E-state index contributed by atoms with van der Waals surface area (Å²) in [7, 11) is 1.80. The quantitative estimate of drug-likeness (QED) is 0.714. The maximum absolute atomic E-state index is 9.55. The molecule has 4 aliphatic rings. The molecule has 0 unspecified atom stereocenters. The highest BCUT2D eigenvalue weighted by Crippen LogP contribution is 2.41. The van der Waals surface area contributed by atoms with Crippen molar-refractivity contribution in [3.8, 4) is 6.07 Å². The molecule has 2 N–H and O–H groups in total. The zero-order valence-corrected chi connectivity index (χ0v) is 20.6. The Morgan fingerprint density at radius 2 is 2.11 bits per heavy atom. The Balaban J connectivity index is 1.31. The van der Waals surface area contributed by atoms with Gasteiger partial charge in [0, 0.05) is 68.0 Å². The number of ether oxygens (including phenoxy) is 1. The Morgan fingerprint density at radius 3 is 2.94 bits per heavy atom. The molecule has 3 atom stereocenters. The second-order valence-corrected chi connectivity index (χ2v) is 10.1. The summed E-state index contributed by atoms with van der Waals surface area (Å²) in [5, 5.41) is 17.8. The Morgan fingerprint density at radius 1 is 1.23 bits per heavy atom. The lowest BCUT2D eigenvalue weighted by Crippen LogP contribution is -2.49. The van der Waals surface area contributed by atoms with E-state index in [4.69, 9.17) is 4.74 Å². The average molecular weight is 469 g/mol. The van der Waals surface area contributed by atoms with Crippen LogP contribution in [0.5, 0.6) is 0 Å². The predicted octanol–water partition coefficient (Wildman–Crippen LogP) is 3.07. The van der Waals surface area contributed by atoms with Crippen molar-refractivity contribution in [1.82, 2.24) is 20.5 Å². The number of pyridine rings is 1. The van der Waals surface area contributed by atoms with E-state index in [9.17, 15) is 5.26 Å². The van der Waals surface area contributed by atoms with Crippen LogP contribution in [0.1, 0.15) is 25.8 Å². The number of nitrogens with zero attached hydrogens (tertiary/aromatic N) is 4. The molecule has 2 aromatic rings. The fraction of sp³-hybridized carbons (Fsp3) is 0.429. The highest BCUT2D eigenvalue weighted by molar-refractivity contribution is 5.95. The van der Waals surface area contributed by atoms with Crippen molar-refractivity contribution in [2.24, 2.45) is 0 Å². The first-order valence-electron chi connectivity index (χ1n) is 12.5. The number of benzene rings is 1. The summed E-state index contributed by atoms with van der Waals surface area (Å²) in [6.45, 7) is 9.19. The van der Waals surface area contributed by atoms with Gasteiger partial charge in [-0.05, 0) is 67.3 Å². The summed E-state index contributed by atoms with van der Waals surface area (Å²) < 4.78 is 5.66. The third kappa shape index (κ3) is 3.69. The molecule has 6 rings (SSSR count). The molecule has 0 saturated carbocycles. The molecule has 180 valence electrons. The fourth-order valence-electron chi connectivity index (χ4n) is 6.13. The highest BCUT2D eigenvalue weighted by atomic mass is 16.5. The van der Waals surface area contributed by atoms with E-state index in [2.05, 4.69) is 63.5 Å². The first kappa shape index (κ1) is 22.1. The second kappa shape index (κ2) is 8.71. The maximum atomic E-state index is 9.55. The number of fused-ring (bicyclic) bond motifs is 3. The predicted molar refractivity (Wildman–Crippen MR) is 138 cm³/mol. The van der Waals surface area contributed by atoms with Crippen LogP contribution >= 0.6 is 0 Å². The van der Waals surface area contributed by atoms with Crippen LogP contribution in [-0.2, 0) is 4.74 Å². The van der Waals surface area contributed by atoms with Gasteiger partial charge in [-0.2, -0.15) is 5.26 Å². The van der Waals surface area contributed by atoms with Gasteiger partial charge in [0.2, 0.25) is 0 Å². The highest BCUT2D eigenvalue weighted by Gasteiger charge is 2.38. The lowest BCUT2D eigenvalue weighted by atomic mass is 9.91. The SMILES string of the molecule is CO[C@@H]1CNC[C@H]1NC1=C(C)CC2=C3CN(c4ccc(C#N)c5ncccc45)C[C@@H](C)N3CC2=C1. The van der Waals surface area contributed by atoms with Crippen molar-refractivity contribution < 1.29 is 4.74 Å². The van der Waals surface area contributed by atoms with E-state index in [0.29, 0.717) is 17.6 Å². The number of piperazine rings is 1. The molecule has 4 heterocycles. The summed E-state index contributed by atoms with van der Waals surface area (Å²) in [6, 6.07) is 11.0. The lowest BCUT2D eigenvalue weighted by molar-refractivity contribution is 0.0995. The van der Waals surface area contributed by atoms with Crippen molar-refractivity contribution in [2.75, 3.05) is 44.7 Å². The molecule has 7 heteroatoms. The molecular formula is C28H32N6O. The molecule has 0 spiro atoms. The van der Waals surface area contributed by atoms with Crippen LogP contribution in [0, 0.1) is 11.3 Å². The third-order valence-corrected chi connectivity index (χ3v) is 8.01. The standard InChI is InChI=1S/C28H32N6O/c1-17-9-22-20(10-23(17)32-24-12-30-13-27(24)35-3)15-34-18(2)14-33(16-26(22)34)25-7-6-19(11-29)28-21(25)5-4-8-31-28/h4-8,10,18,24,27,30,32H,9,12-16H2,1-3H3/t18-,24-,27-/m1/s1. The van der Waals surface area contributed by atoms with E-state index in [1.54, 1.807) is 13.3 Å².